The van der Waals surface area contributed by atoms with Crippen molar-refractivity contribution in [3.63, 3.8) is 0 Å². The smallest absolute Gasteiger partial charge is 0.0788 e. The highest BCUT2D eigenvalue weighted by molar-refractivity contribution is 5.04. The van der Waals surface area contributed by atoms with Gasteiger partial charge in [0.2, 0.25) is 0 Å². The minimum atomic E-state index is -0.220. The van der Waals surface area contributed by atoms with Crippen molar-refractivity contribution >= 4 is 0 Å². The van der Waals surface area contributed by atoms with E-state index < -0.39 is 0 Å². The monoisotopic (exact) mass is 297 g/mol. The molecule has 2 rings (SSSR count). The van der Waals surface area contributed by atoms with E-state index in [0.717, 1.165) is 12.5 Å². The van der Waals surface area contributed by atoms with Gasteiger partial charge >= 0.3 is 0 Å². The highest BCUT2D eigenvalue weighted by Crippen LogP contribution is 2.41. The molecule has 2 unspecified atom stereocenters. The highest BCUT2D eigenvalue weighted by atomic mass is 16.5. The van der Waals surface area contributed by atoms with Crippen molar-refractivity contribution in [1.82, 2.24) is 9.80 Å². The zero-order valence-corrected chi connectivity index (χ0v) is 14.9. The summed E-state index contributed by atoms with van der Waals surface area (Å²) in [6.45, 7) is 13.3. The van der Waals surface area contributed by atoms with Crippen molar-refractivity contribution in [2.75, 3.05) is 40.3 Å². The van der Waals surface area contributed by atoms with Crippen molar-refractivity contribution in [1.29, 1.82) is 0 Å². The van der Waals surface area contributed by atoms with Crippen LogP contribution in [0.1, 0.15) is 40.5 Å². The van der Waals surface area contributed by atoms with Gasteiger partial charge in [-0.3, -0.25) is 0 Å². The third-order valence-corrected chi connectivity index (χ3v) is 5.57. The van der Waals surface area contributed by atoms with E-state index in [9.17, 15) is 0 Å². The molecule has 21 heavy (non-hydrogen) atoms. The van der Waals surface area contributed by atoms with Crippen LogP contribution in [0.25, 0.3) is 0 Å². The van der Waals surface area contributed by atoms with Crippen LogP contribution < -0.4 is 5.73 Å². The lowest BCUT2D eigenvalue weighted by Gasteiger charge is -2.35. The third kappa shape index (κ3) is 3.98. The van der Waals surface area contributed by atoms with E-state index in [4.69, 9.17) is 10.5 Å². The van der Waals surface area contributed by atoms with E-state index >= 15 is 0 Å². The first-order valence-electron chi connectivity index (χ1n) is 8.44. The van der Waals surface area contributed by atoms with Crippen LogP contribution >= 0.6 is 0 Å². The van der Waals surface area contributed by atoms with E-state index in [2.05, 4.69) is 51.6 Å². The molecular formula is C17H35N3O. The summed E-state index contributed by atoms with van der Waals surface area (Å²) < 4.78 is 6.21. The predicted octanol–water partition coefficient (Wildman–Crippen LogP) is 1.79. The number of rotatable bonds is 4. The second-order valence-corrected chi connectivity index (χ2v) is 8.41. The minimum absolute atomic E-state index is 0.104. The quantitative estimate of drug-likeness (QED) is 0.859. The van der Waals surface area contributed by atoms with Gasteiger partial charge in [-0.25, -0.2) is 0 Å². The van der Waals surface area contributed by atoms with Crippen LogP contribution in [0.4, 0.5) is 0 Å². The molecule has 0 radical (unpaired) electrons. The van der Waals surface area contributed by atoms with E-state index in [-0.39, 0.29) is 17.2 Å². The fraction of sp³-hybridized carbons (Fsp3) is 1.00. The maximum atomic E-state index is 6.47. The second kappa shape index (κ2) is 6.15. The Kier molecular flexibility index (Phi) is 5.04. The summed E-state index contributed by atoms with van der Waals surface area (Å²) in [5.41, 5.74) is 6.12. The number of nitrogens with zero attached hydrogens (tertiary/aromatic N) is 2. The Balaban J connectivity index is 1.88. The summed E-state index contributed by atoms with van der Waals surface area (Å²) in [4.78, 5) is 4.91. The van der Waals surface area contributed by atoms with Gasteiger partial charge in [0.25, 0.3) is 0 Å². The van der Waals surface area contributed by atoms with E-state index in [1.807, 2.05) is 0 Å². The summed E-state index contributed by atoms with van der Waals surface area (Å²) in [6, 6.07) is 0.104. The zero-order valence-electron chi connectivity index (χ0n) is 14.9. The number of hydrogen-bond donors (Lipinski definition) is 1. The van der Waals surface area contributed by atoms with Crippen molar-refractivity contribution in [3.8, 4) is 0 Å². The first-order valence-corrected chi connectivity index (χ1v) is 8.44. The van der Waals surface area contributed by atoms with Gasteiger partial charge in [0.1, 0.15) is 0 Å². The Hall–Kier alpha value is -0.160. The van der Waals surface area contributed by atoms with Gasteiger partial charge in [0.15, 0.2) is 0 Å². The van der Waals surface area contributed by atoms with Crippen molar-refractivity contribution in [2.45, 2.75) is 57.8 Å². The lowest BCUT2D eigenvalue weighted by molar-refractivity contribution is -0.0783. The Morgan fingerprint density at radius 3 is 2.14 bits per heavy atom. The maximum Gasteiger partial charge on any atom is 0.0788 e. The van der Waals surface area contributed by atoms with Crippen LogP contribution in [0.2, 0.25) is 0 Å². The third-order valence-electron chi connectivity index (χ3n) is 5.57. The summed E-state index contributed by atoms with van der Waals surface area (Å²) in [6.07, 6.45) is 2.64. The Morgan fingerprint density at radius 1 is 1.10 bits per heavy atom. The van der Waals surface area contributed by atoms with Crippen LogP contribution in [0.5, 0.6) is 0 Å². The van der Waals surface area contributed by atoms with Gasteiger partial charge in [-0.05, 0) is 73.6 Å². The minimum Gasteiger partial charge on any atom is -0.368 e. The number of hydrogen-bond acceptors (Lipinski definition) is 4. The van der Waals surface area contributed by atoms with Crippen LogP contribution in [-0.2, 0) is 4.74 Å². The zero-order chi connectivity index (χ0) is 15.8. The van der Waals surface area contributed by atoms with E-state index in [1.165, 1.54) is 32.5 Å². The second-order valence-electron chi connectivity index (χ2n) is 8.41. The van der Waals surface area contributed by atoms with Gasteiger partial charge in [-0.1, -0.05) is 0 Å². The molecule has 2 atom stereocenters. The van der Waals surface area contributed by atoms with Crippen LogP contribution in [0.3, 0.4) is 0 Å². The number of nitrogens with two attached hydrogens (primary N) is 1. The molecule has 4 nitrogen and oxygen atoms in total. The number of likely N-dealkylation sites (tertiary alicyclic amines) is 1. The maximum absolute atomic E-state index is 6.47. The summed E-state index contributed by atoms with van der Waals surface area (Å²) in [5, 5.41) is 0. The van der Waals surface area contributed by atoms with Crippen molar-refractivity contribution in [2.24, 2.45) is 17.6 Å². The molecule has 0 aromatic rings. The van der Waals surface area contributed by atoms with Crippen molar-refractivity contribution < 1.29 is 4.74 Å². The first kappa shape index (κ1) is 17.2. The molecule has 2 aliphatic heterocycles. The van der Waals surface area contributed by atoms with Gasteiger partial charge < -0.3 is 20.3 Å². The highest BCUT2D eigenvalue weighted by Gasteiger charge is 2.52. The average Bonchev–Trinajstić information content (AvgIpc) is 2.50. The number of piperidine rings is 1. The molecule has 2 aliphatic rings. The molecule has 2 saturated heterocycles. The summed E-state index contributed by atoms with van der Waals surface area (Å²) in [7, 11) is 4.46. The molecule has 0 aliphatic carbocycles. The van der Waals surface area contributed by atoms with Gasteiger partial charge in [0, 0.05) is 25.0 Å². The Morgan fingerprint density at radius 2 is 1.67 bits per heavy atom. The molecule has 0 spiro atoms. The number of ether oxygens (including phenoxy) is 1. The van der Waals surface area contributed by atoms with E-state index in [0.29, 0.717) is 5.92 Å². The first-order chi connectivity index (χ1) is 9.62. The molecule has 124 valence electrons. The molecule has 0 bridgehead atoms. The molecular weight excluding hydrogens is 262 g/mol. The van der Waals surface area contributed by atoms with Crippen LogP contribution in [-0.4, -0.2) is 67.3 Å². The van der Waals surface area contributed by atoms with E-state index in [1.54, 1.807) is 0 Å². The van der Waals surface area contributed by atoms with Crippen LogP contribution in [0.15, 0.2) is 0 Å². The van der Waals surface area contributed by atoms with Crippen LogP contribution in [0, 0.1) is 11.8 Å². The molecule has 0 aromatic carbocycles. The predicted molar refractivity (Wildman–Crippen MR) is 88.4 cm³/mol. The average molecular weight is 297 g/mol. The molecule has 4 heteroatoms. The Labute approximate surface area is 131 Å². The summed E-state index contributed by atoms with van der Waals surface area (Å²) >= 11 is 0. The molecule has 0 aromatic heterocycles. The lowest BCUT2D eigenvalue weighted by Crippen LogP contribution is -2.48. The standard InChI is InChI=1S/C17H35N3O/c1-16(2)14(15(18)17(3,4)21-16)12-20(6)11-13-7-9-19(5)10-8-13/h13-15H,7-12,18H2,1-6H3. The molecule has 2 N–H and O–H groups in total. The fourth-order valence-corrected chi connectivity index (χ4v) is 4.17. The molecule has 2 heterocycles. The molecule has 0 amide bonds. The Bertz CT molecular complexity index is 348. The normalized spacial score (nSPS) is 33.7. The summed E-state index contributed by atoms with van der Waals surface area (Å²) in [5.74, 6) is 1.23. The topological polar surface area (TPSA) is 41.7 Å². The molecule has 0 saturated carbocycles. The van der Waals surface area contributed by atoms with Gasteiger partial charge in [0.05, 0.1) is 11.2 Å². The van der Waals surface area contributed by atoms with Gasteiger partial charge in [-0.15, -0.1) is 0 Å². The largest absolute Gasteiger partial charge is 0.368 e. The fourth-order valence-electron chi connectivity index (χ4n) is 4.17. The lowest BCUT2D eigenvalue weighted by atomic mass is 9.82. The SMILES string of the molecule is CN1CCC(CN(C)CC2C(N)C(C)(C)OC2(C)C)CC1. The molecule has 2 fully saturated rings. The van der Waals surface area contributed by atoms with Gasteiger partial charge in [-0.2, -0.15) is 0 Å². The van der Waals surface area contributed by atoms with Crippen molar-refractivity contribution in [3.05, 3.63) is 0 Å².